The third-order valence-corrected chi connectivity index (χ3v) is 3.89. The minimum atomic E-state index is 0.423. The van der Waals surface area contributed by atoms with Crippen molar-refractivity contribution in [2.24, 2.45) is 0 Å². The minimum Gasteiger partial charge on any atom is -0.382 e. The summed E-state index contributed by atoms with van der Waals surface area (Å²) in [7, 11) is 0. The molecule has 3 rings (SSSR count). The van der Waals surface area contributed by atoms with Gasteiger partial charge in [-0.05, 0) is 63.3 Å². The molecule has 0 bridgehead atoms. The Morgan fingerprint density at radius 3 is 2.79 bits per heavy atom. The number of hydrogen-bond acceptors (Lipinski definition) is 2. The zero-order valence-corrected chi connectivity index (χ0v) is 12.2. The number of aryl methyl sites for hydroxylation is 1. The van der Waals surface area contributed by atoms with E-state index in [-0.39, 0.29) is 0 Å². The molecule has 1 aliphatic rings. The molecule has 0 radical (unpaired) electrons. The molecule has 1 aliphatic carbocycles. The largest absolute Gasteiger partial charge is 0.382 e. The molecule has 0 amide bonds. The van der Waals surface area contributed by atoms with Crippen molar-refractivity contribution in [2.75, 3.05) is 5.32 Å². The second kappa shape index (κ2) is 5.01. The Bertz CT molecular complexity index is 620. The van der Waals surface area contributed by atoms with Crippen LogP contribution in [-0.2, 0) is 12.8 Å². The zero-order valence-electron chi connectivity index (χ0n) is 11.5. The molecule has 0 spiro atoms. The highest BCUT2D eigenvalue weighted by Gasteiger charge is 2.18. The van der Waals surface area contributed by atoms with Crippen LogP contribution in [0.4, 0.5) is 5.69 Å². The molecular formula is C16H19ClN2. The van der Waals surface area contributed by atoms with Crippen molar-refractivity contribution < 1.29 is 0 Å². The molecule has 100 valence electrons. The van der Waals surface area contributed by atoms with Gasteiger partial charge in [0, 0.05) is 27.8 Å². The Morgan fingerprint density at radius 1 is 1.21 bits per heavy atom. The number of benzene rings is 1. The van der Waals surface area contributed by atoms with E-state index in [9.17, 15) is 0 Å². The van der Waals surface area contributed by atoms with E-state index < -0.39 is 0 Å². The van der Waals surface area contributed by atoms with Gasteiger partial charge in [0.05, 0.1) is 5.52 Å². The molecular weight excluding hydrogens is 256 g/mol. The first-order valence-corrected chi connectivity index (χ1v) is 7.40. The lowest BCUT2D eigenvalue weighted by Crippen LogP contribution is -2.16. The molecule has 1 aromatic heterocycles. The normalized spacial score (nSPS) is 14.7. The third kappa shape index (κ3) is 2.42. The standard InChI is InChI=1S/C16H19ClN2/c1-10(2)18-16-12-5-3-4-6-14(12)19-15-9-11(17)7-8-13(15)16/h7-10H,3-6H2,1-2H3,(H,18,19). The van der Waals surface area contributed by atoms with Crippen LogP contribution in [0.1, 0.15) is 37.9 Å². The van der Waals surface area contributed by atoms with Crippen molar-refractivity contribution >= 4 is 28.2 Å². The summed E-state index contributed by atoms with van der Waals surface area (Å²) >= 11 is 6.10. The molecule has 3 heteroatoms. The Kier molecular flexibility index (Phi) is 3.36. The fraction of sp³-hybridized carbons (Fsp3) is 0.438. The van der Waals surface area contributed by atoms with E-state index in [0.717, 1.165) is 23.4 Å². The van der Waals surface area contributed by atoms with Crippen molar-refractivity contribution in [3.05, 3.63) is 34.5 Å². The van der Waals surface area contributed by atoms with Gasteiger partial charge in [-0.1, -0.05) is 11.6 Å². The van der Waals surface area contributed by atoms with E-state index in [1.165, 1.54) is 35.2 Å². The maximum Gasteiger partial charge on any atom is 0.0741 e. The highest BCUT2D eigenvalue weighted by Crippen LogP contribution is 2.34. The van der Waals surface area contributed by atoms with Gasteiger partial charge in [0.25, 0.3) is 0 Å². The van der Waals surface area contributed by atoms with Crippen molar-refractivity contribution in [3.8, 4) is 0 Å². The van der Waals surface area contributed by atoms with Crippen LogP contribution in [0.15, 0.2) is 18.2 Å². The first-order chi connectivity index (χ1) is 9.15. The predicted octanol–water partition coefficient (Wildman–Crippen LogP) is 4.59. The summed E-state index contributed by atoms with van der Waals surface area (Å²) in [5.74, 6) is 0. The minimum absolute atomic E-state index is 0.423. The lowest BCUT2D eigenvalue weighted by atomic mass is 9.92. The molecule has 0 saturated carbocycles. The Morgan fingerprint density at radius 2 is 2.00 bits per heavy atom. The quantitative estimate of drug-likeness (QED) is 0.866. The van der Waals surface area contributed by atoms with Gasteiger partial charge in [-0.15, -0.1) is 0 Å². The van der Waals surface area contributed by atoms with Crippen LogP contribution < -0.4 is 5.32 Å². The predicted molar refractivity (Wildman–Crippen MR) is 82.2 cm³/mol. The van der Waals surface area contributed by atoms with E-state index in [0.29, 0.717) is 6.04 Å². The van der Waals surface area contributed by atoms with E-state index in [2.05, 4.69) is 25.2 Å². The van der Waals surface area contributed by atoms with Gasteiger partial charge < -0.3 is 5.32 Å². The van der Waals surface area contributed by atoms with Gasteiger partial charge in [-0.2, -0.15) is 0 Å². The van der Waals surface area contributed by atoms with E-state index >= 15 is 0 Å². The summed E-state index contributed by atoms with van der Waals surface area (Å²) in [6.07, 6.45) is 4.73. The molecule has 2 aromatic rings. The fourth-order valence-electron chi connectivity index (χ4n) is 2.85. The highest BCUT2D eigenvalue weighted by atomic mass is 35.5. The molecule has 0 fully saturated rings. The van der Waals surface area contributed by atoms with Crippen molar-refractivity contribution in [1.82, 2.24) is 4.98 Å². The SMILES string of the molecule is CC(C)Nc1c2c(nc3cc(Cl)ccc13)CCCC2. The summed E-state index contributed by atoms with van der Waals surface area (Å²) in [6, 6.07) is 6.43. The lowest BCUT2D eigenvalue weighted by Gasteiger charge is -2.23. The van der Waals surface area contributed by atoms with Gasteiger partial charge in [-0.3, -0.25) is 4.98 Å². The van der Waals surface area contributed by atoms with Gasteiger partial charge in [-0.25, -0.2) is 0 Å². The first kappa shape index (κ1) is 12.7. The summed E-state index contributed by atoms with van der Waals surface area (Å²) in [4.78, 5) is 4.82. The Labute approximate surface area is 119 Å². The Balaban J connectivity index is 2.26. The Hall–Kier alpha value is -1.28. The van der Waals surface area contributed by atoms with Crippen LogP contribution in [0.25, 0.3) is 10.9 Å². The number of rotatable bonds is 2. The van der Waals surface area contributed by atoms with Crippen LogP contribution >= 0.6 is 11.6 Å². The summed E-state index contributed by atoms with van der Waals surface area (Å²) in [5.41, 5.74) is 4.95. The van der Waals surface area contributed by atoms with E-state index in [1.54, 1.807) is 0 Å². The first-order valence-electron chi connectivity index (χ1n) is 7.02. The fourth-order valence-corrected chi connectivity index (χ4v) is 3.02. The zero-order chi connectivity index (χ0) is 13.4. The van der Waals surface area contributed by atoms with Gasteiger partial charge in [0.1, 0.15) is 0 Å². The van der Waals surface area contributed by atoms with Crippen LogP contribution in [-0.4, -0.2) is 11.0 Å². The van der Waals surface area contributed by atoms with Gasteiger partial charge in [0.15, 0.2) is 0 Å². The van der Waals surface area contributed by atoms with Crippen LogP contribution in [0, 0.1) is 0 Å². The molecule has 0 atom stereocenters. The number of fused-ring (bicyclic) bond motifs is 2. The molecule has 0 aliphatic heterocycles. The average Bonchev–Trinajstić information content (AvgIpc) is 2.37. The number of pyridine rings is 1. The summed E-state index contributed by atoms with van der Waals surface area (Å²) in [6.45, 7) is 4.36. The molecule has 1 heterocycles. The monoisotopic (exact) mass is 274 g/mol. The maximum atomic E-state index is 6.10. The van der Waals surface area contributed by atoms with Crippen LogP contribution in [0.5, 0.6) is 0 Å². The third-order valence-electron chi connectivity index (χ3n) is 3.66. The number of halogens is 1. The van der Waals surface area contributed by atoms with Crippen molar-refractivity contribution in [2.45, 2.75) is 45.6 Å². The number of aromatic nitrogens is 1. The molecule has 1 aromatic carbocycles. The maximum absolute atomic E-state index is 6.10. The number of nitrogens with one attached hydrogen (secondary N) is 1. The van der Waals surface area contributed by atoms with Crippen LogP contribution in [0.3, 0.4) is 0 Å². The van der Waals surface area contributed by atoms with Crippen molar-refractivity contribution in [3.63, 3.8) is 0 Å². The highest BCUT2D eigenvalue weighted by molar-refractivity contribution is 6.31. The van der Waals surface area contributed by atoms with E-state index in [1.807, 2.05) is 12.1 Å². The van der Waals surface area contributed by atoms with Gasteiger partial charge >= 0.3 is 0 Å². The summed E-state index contributed by atoms with van der Waals surface area (Å²) < 4.78 is 0. The summed E-state index contributed by atoms with van der Waals surface area (Å²) in [5, 5.41) is 5.56. The second-order valence-electron chi connectivity index (χ2n) is 5.58. The van der Waals surface area contributed by atoms with Gasteiger partial charge in [0.2, 0.25) is 0 Å². The lowest BCUT2D eigenvalue weighted by molar-refractivity contribution is 0.671. The van der Waals surface area contributed by atoms with Crippen molar-refractivity contribution in [1.29, 1.82) is 0 Å². The topological polar surface area (TPSA) is 24.9 Å². The number of hydrogen-bond donors (Lipinski definition) is 1. The smallest absolute Gasteiger partial charge is 0.0741 e. The average molecular weight is 275 g/mol. The van der Waals surface area contributed by atoms with E-state index in [4.69, 9.17) is 16.6 Å². The second-order valence-corrected chi connectivity index (χ2v) is 6.02. The van der Waals surface area contributed by atoms with Crippen LogP contribution in [0.2, 0.25) is 5.02 Å². The molecule has 19 heavy (non-hydrogen) atoms. The number of nitrogens with zero attached hydrogens (tertiary/aromatic N) is 1. The number of anilines is 1. The molecule has 2 nitrogen and oxygen atoms in total. The molecule has 1 N–H and O–H groups in total. The molecule has 0 unspecified atom stereocenters. The molecule has 0 saturated heterocycles.